The SMILES string of the molecule is CC[C@@H](Oc1cccc(C)c1)C(=O)Nc1ccc(Cl)cc1. The first kappa shape index (κ1) is 15.4. The second kappa shape index (κ2) is 7.14. The zero-order valence-electron chi connectivity index (χ0n) is 12.1. The van der Waals surface area contributed by atoms with Crippen LogP contribution in [0.4, 0.5) is 5.69 Å². The van der Waals surface area contributed by atoms with E-state index >= 15 is 0 Å². The van der Waals surface area contributed by atoms with E-state index in [1.165, 1.54) is 0 Å². The van der Waals surface area contributed by atoms with Crippen molar-refractivity contribution in [2.75, 3.05) is 5.32 Å². The van der Waals surface area contributed by atoms with Crippen molar-refractivity contribution in [1.29, 1.82) is 0 Å². The van der Waals surface area contributed by atoms with Crippen molar-refractivity contribution < 1.29 is 9.53 Å². The molecule has 4 heteroatoms. The van der Waals surface area contributed by atoms with Crippen molar-refractivity contribution >= 4 is 23.2 Å². The summed E-state index contributed by atoms with van der Waals surface area (Å²) in [4.78, 5) is 12.2. The molecule has 0 aromatic heterocycles. The molecule has 0 bridgehead atoms. The van der Waals surface area contributed by atoms with Crippen LogP contribution >= 0.6 is 11.6 Å². The summed E-state index contributed by atoms with van der Waals surface area (Å²) in [5.74, 6) is 0.537. The number of halogens is 1. The Balaban J connectivity index is 2.03. The van der Waals surface area contributed by atoms with Gasteiger partial charge in [0.1, 0.15) is 5.75 Å². The van der Waals surface area contributed by atoms with Gasteiger partial charge in [0.25, 0.3) is 5.91 Å². The third-order valence-corrected chi connectivity index (χ3v) is 3.29. The predicted molar refractivity (Wildman–Crippen MR) is 86.0 cm³/mol. The highest BCUT2D eigenvalue weighted by Crippen LogP contribution is 2.17. The number of amides is 1. The van der Waals surface area contributed by atoms with Gasteiger partial charge < -0.3 is 10.1 Å². The van der Waals surface area contributed by atoms with Gasteiger partial charge in [-0.2, -0.15) is 0 Å². The molecule has 0 aliphatic carbocycles. The third-order valence-electron chi connectivity index (χ3n) is 3.04. The quantitative estimate of drug-likeness (QED) is 0.886. The number of nitrogens with one attached hydrogen (secondary N) is 1. The summed E-state index contributed by atoms with van der Waals surface area (Å²) in [6.07, 6.45) is 0.0652. The lowest BCUT2D eigenvalue weighted by Crippen LogP contribution is -2.32. The maximum absolute atomic E-state index is 12.2. The summed E-state index contributed by atoms with van der Waals surface area (Å²) in [6, 6.07) is 14.7. The molecule has 0 heterocycles. The molecule has 0 aliphatic heterocycles. The van der Waals surface area contributed by atoms with Crippen LogP contribution in [0.2, 0.25) is 5.02 Å². The second-order valence-electron chi connectivity index (χ2n) is 4.83. The Kier molecular flexibility index (Phi) is 5.23. The third kappa shape index (κ3) is 4.50. The fourth-order valence-corrected chi connectivity index (χ4v) is 2.06. The van der Waals surface area contributed by atoms with E-state index in [-0.39, 0.29) is 5.91 Å². The van der Waals surface area contributed by atoms with Gasteiger partial charge in [0.05, 0.1) is 0 Å². The van der Waals surface area contributed by atoms with Gasteiger partial charge in [-0.25, -0.2) is 0 Å². The van der Waals surface area contributed by atoms with Crippen LogP contribution in [0.5, 0.6) is 5.75 Å². The van der Waals surface area contributed by atoms with Crippen LogP contribution in [-0.4, -0.2) is 12.0 Å². The van der Waals surface area contributed by atoms with E-state index < -0.39 is 6.10 Å². The number of hydrogen-bond acceptors (Lipinski definition) is 2. The Labute approximate surface area is 129 Å². The Bertz CT molecular complexity index is 610. The number of carbonyl (C=O) groups excluding carboxylic acids is 1. The molecule has 0 saturated carbocycles. The lowest BCUT2D eigenvalue weighted by molar-refractivity contribution is -0.122. The smallest absolute Gasteiger partial charge is 0.265 e. The molecule has 110 valence electrons. The fourth-order valence-electron chi connectivity index (χ4n) is 1.93. The Hall–Kier alpha value is -2.00. The van der Waals surface area contributed by atoms with E-state index in [0.717, 1.165) is 5.56 Å². The van der Waals surface area contributed by atoms with E-state index in [9.17, 15) is 4.79 Å². The summed E-state index contributed by atoms with van der Waals surface area (Å²) >= 11 is 5.82. The monoisotopic (exact) mass is 303 g/mol. The number of rotatable bonds is 5. The summed E-state index contributed by atoms with van der Waals surface area (Å²) in [5.41, 5.74) is 1.80. The topological polar surface area (TPSA) is 38.3 Å². The minimum atomic E-state index is -0.525. The maximum atomic E-state index is 12.2. The predicted octanol–water partition coefficient (Wildman–Crippen LogP) is 4.44. The molecule has 2 rings (SSSR count). The van der Waals surface area contributed by atoms with Crippen LogP contribution in [0.1, 0.15) is 18.9 Å². The first-order valence-corrected chi connectivity index (χ1v) is 7.26. The van der Waals surface area contributed by atoms with E-state index in [2.05, 4.69) is 5.32 Å². The van der Waals surface area contributed by atoms with E-state index in [0.29, 0.717) is 22.9 Å². The number of carbonyl (C=O) groups is 1. The lowest BCUT2D eigenvalue weighted by Gasteiger charge is -2.17. The Morgan fingerprint density at radius 2 is 1.95 bits per heavy atom. The van der Waals surface area contributed by atoms with Crippen LogP contribution in [-0.2, 0) is 4.79 Å². The number of hydrogen-bond donors (Lipinski definition) is 1. The second-order valence-corrected chi connectivity index (χ2v) is 5.26. The zero-order chi connectivity index (χ0) is 15.2. The van der Waals surface area contributed by atoms with Gasteiger partial charge >= 0.3 is 0 Å². The number of anilines is 1. The number of ether oxygens (including phenoxy) is 1. The highest BCUT2D eigenvalue weighted by molar-refractivity contribution is 6.30. The average Bonchev–Trinajstić information content (AvgIpc) is 2.47. The highest BCUT2D eigenvalue weighted by atomic mass is 35.5. The molecule has 1 atom stereocenters. The molecule has 1 N–H and O–H groups in total. The fraction of sp³-hybridized carbons (Fsp3) is 0.235. The largest absolute Gasteiger partial charge is 0.481 e. The van der Waals surface area contributed by atoms with Crippen LogP contribution < -0.4 is 10.1 Å². The molecule has 0 spiro atoms. The van der Waals surface area contributed by atoms with Gasteiger partial charge in [-0.1, -0.05) is 30.7 Å². The summed E-state index contributed by atoms with van der Waals surface area (Å²) in [7, 11) is 0. The zero-order valence-corrected chi connectivity index (χ0v) is 12.9. The summed E-state index contributed by atoms with van der Waals surface area (Å²) in [5, 5.41) is 3.47. The van der Waals surface area contributed by atoms with E-state index in [1.807, 2.05) is 38.1 Å². The molecular formula is C17H18ClNO2. The first-order chi connectivity index (χ1) is 10.1. The molecule has 0 fully saturated rings. The van der Waals surface area contributed by atoms with Gasteiger partial charge in [0.15, 0.2) is 6.10 Å². The molecule has 0 radical (unpaired) electrons. The lowest BCUT2D eigenvalue weighted by atomic mass is 10.2. The molecule has 2 aromatic carbocycles. The van der Waals surface area contributed by atoms with Crippen molar-refractivity contribution in [3.8, 4) is 5.75 Å². The van der Waals surface area contributed by atoms with Crippen molar-refractivity contribution in [1.82, 2.24) is 0 Å². The van der Waals surface area contributed by atoms with Crippen molar-refractivity contribution in [2.24, 2.45) is 0 Å². The van der Waals surface area contributed by atoms with Gasteiger partial charge in [-0.15, -0.1) is 0 Å². The molecule has 3 nitrogen and oxygen atoms in total. The van der Waals surface area contributed by atoms with Crippen LogP contribution in [0.15, 0.2) is 48.5 Å². The van der Waals surface area contributed by atoms with Crippen LogP contribution in [0.3, 0.4) is 0 Å². The van der Waals surface area contributed by atoms with Crippen molar-refractivity contribution in [3.05, 3.63) is 59.1 Å². The molecular weight excluding hydrogens is 286 g/mol. The normalized spacial score (nSPS) is 11.8. The number of aryl methyl sites for hydroxylation is 1. The molecule has 0 unspecified atom stereocenters. The Morgan fingerprint density at radius 1 is 1.24 bits per heavy atom. The van der Waals surface area contributed by atoms with E-state index in [1.54, 1.807) is 24.3 Å². The van der Waals surface area contributed by atoms with Gasteiger partial charge in [-0.05, 0) is 55.3 Å². The summed E-state index contributed by atoms with van der Waals surface area (Å²) < 4.78 is 5.76. The van der Waals surface area contributed by atoms with E-state index in [4.69, 9.17) is 16.3 Å². The van der Waals surface area contributed by atoms with Gasteiger partial charge in [0, 0.05) is 10.7 Å². The maximum Gasteiger partial charge on any atom is 0.265 e. The molecule has 1 amide bonds. The molecule has 2 aromatic rings. The minimum absolute atomic E-state index is 0.165. The Morgan fingerprint density at radius 3 is 2.57 bits per heavy atom. The van der Waals surface area contributed by atoms with Crippen LogP contribution in [0, 0.1) is 6.92 Å². The standard InChI is InChI=1S/C17H18ClNO2/c1-3-16(21-15-6-4-5-12(2)11-15)17(20)19-14-9-7-13(18)8-10-14/h4-11,16H,3H2,1-2H3,(H,19,20)/t16-/m1/s1. The molecule has 0 saturated heterocycles. The first-order valence-electron chi connectivity index (χ1n) is 6.88. The minimum Gasteiger partial charge on any atom is -0.481 e. The van der Waals surface area contributed by atoms with Gasteiger partial charge in [0.2, 0.25) is 0 Å². The molecule has 0 aliphatic rings. The van der Waals surface area contributed by atoms with Crippen molar-refractivity contribution in [2.45, 2.75) is 26.4 Å². The average molecular weight is 304 g/mol. The van der Waals surface area contributed by atoms with Gasteiger partial charge in [-0.3, -0.25) is 4.79 Å². The van der Waals surface area contributed by atoms with Crippen LogP contribution in [0.25, 0.3) is 0 Å². The molecule has 21 heavy (non-hydrogen) atoms. The highest BCUT2D eigenvalue weighted by Gasteiger charge is 2.18. The number of benzene rings is 2. The van der Waals surface area contributed by atoms with Crippen molar-refractivity contribution in [3.63, 3.8) is 0 Å². The summed E-state index contributed by atoms with van der Waals surface area (Å²) in [6.45, 7) is 3.91.